The molecule has 0 aliphatic carbocycles. The molecule has 1 saturated heterocycles. The second-order valence-corrected chi connectivity index (χ2v) is 6.34. The van der Waals surface area contributed by atoms with Crippen molar-refractivity contribution < 1.29 is 4.79 Å². The Hall–Kier alpha value is -2.77. The summed E-state index contributed by atoms with van der Waals surface area (Å²) in [4.78, 5) is 16.1. The van der Waals surface area contributed by atoms with E-state index in [9.17, 15) is 4.79 Å². The van der Waals surface area contributed by atoms with Gasteiger partial charge in [0, 0.05) is 32.1 Å². The van der Waals surface area contributed by atoms with Crippen LogP contribution in [-0.4, -0.2) is 42.7 Å². The maximum Gasteiger partial charge on any atom is 0.237 e. The molecule has 1 aromatic carbocycles. The van der Waals surface area contributed by atoms with Crippen LogP contribution in [0.5, 0.6) is 0 Å². The molecular formula is C17H19ClN6O. The highest BCUT2D eigenvalue weighted by Gasteiger charge is 2.23. The predicted octanol–water partition coefficient (Wildman–Crippen LogP) is 2.46. The number of carbonyl (C=O) groups excluding carboxylic acids is 1. The lowest BCUT2D eigenvalue weighted by Gasteiger charge is -2.37. The molecule has 1 heterocycles. The van der Waals surface area contributed by atoms with Crippen LogP contribution in [0.2, 0.25) is 5.02 Å². The van der Waals surface area contributed by atoms with Crippen LogP contribution in [-0.2, 0) is 4.79 Å². The van der Waals surface area contributed by atoms with Gasteiger partial charge in [0.15, 0.2) is 0 Å². The summed E-state index contributed by atoms with van der Waals surface area (Å²) in [5, 5.41) is 21.6. The highest BCUT2D eigenvalue weighted by atomic mass is 35.5. The van der Waals surface area contributed by atoms with Crippen LogP contribution >= 0.6 is 11.6 Å². The first-order valence-electron chi connectivity index (χ1n) is 7.93. The second kappa shape index (κ2) is 8.36. The van der Waals surface area contributed by atoms with Crippen molar-refractivity contribution in [3.8, 4) is 12.1 Å². The second-order valence-electron chi connectivity index (χ2n) is 5.93. The number of amides is 1. The zero-order valence-electron chi connectivity index (χ0n) is 14.2. The Morgan fingerprint density at radius 1 is 1.24 bits per heavy atom. The number of carbonyl (C=O) groups is 1. The first-order chi connectivity index (χ1) is 12.0. The quantitative estimate of drug-likeness (QED) is 0.658. The molecule has 1 fully saturated rings. The molecule has 0 bridgehead atoms. The van der Waals surface area contributed by atoms with Crippen molar-refractivity contribution in [3.63, 3.8) is 0 Å². The number of rotatable bonds is 4. The van der Waals surface area contributed by atoms with E-state index in [0.717, 1.165) is 18.8 Å². The molecule has 2 rings (SSSR count). The summed E-state index contributed by atoms with van der Waals surface area (Å²) in [5.41, 5.74) is 3.85. The number of benzene rings is 1. The third-order valence-electron chi connectivity index (χ3n) is 3.88. The van der Waals surface area contributed by atoms with E-state index < -0.39 is 0 Å². The number of nitrogens with zero attached hydrogens (tertiary/aromatic N) is 5. The summed E-state index contributed by atoms with van der Waals surface area (Å²) in [7, 11) is 0. The number of halogens is 1. The van der Waals surface area contributed by atoms with E-state index in [-0.39, 0.29) is 17.5 Å². The molecule has 1 amide bonds. The van der Waals surface area contributed by atoms with Gasteiger partial charge < -0.3 is 9.80 Å². The molecule has 0 radical (unpaired) electrons. The molecule has 1 aliphatic rings. The van der Waals surface area contributed by atoms with Crippen LogP contribution in [0, 0.1) is 28.6 Å². The Kier molecular flexibility index (Phi) is 6.21. The molecule has 0 unspecified atom stereocenters. The topological polar surface area (TPSA) is 95.5 Å². The molecule has 8 heteroatoms. The van der Waals surface area contributed by atoms with Crippen LogP contribution < -0.4 is 10.3 Å². The number of piperazine rings is 1. The average molecular weight is 359 g/mol. The summed E-state index contributed by atoms with van der Waals surface area (Å²) >= 11 is 6.35. The fourth-order valence-corrected chi connectivity index (χ4v) is 2.86. The molecule has 7 nitrogen and oxygen atoms in total. The molecule has 0 spiro atoms. The van der Waals surface area contributed by atoms with Crippen molar-refractivity contribution in [2.75, 3.05) is 36.5 Å². The van der Waals surface area contributed by atoms with E-state index in [1.54, 1.807) is 24.3 Å². The minimum atomic E-state index is -0.258. The number of nitriles is 2. The van der Waals surface area contributed by atoms with Gasteiger partial charge in [0.05, 0.1) is 16.4 Å². The number of hydrogen-bond donors (Lipinski definition) is 1. The first-order valence-corrected chi connectivity index (χ1v) is 8.31. The molecule has 1 N–H and O–H groups in total. The first kappa shape index (κ1) is 18.6. The van der Waals surface area contributed by atoms with E-state index in [1.807, 2.05) is 24.8 Å². The van der Waals surface area contributed by atoms with Crippen molar-refractivity contribution in [3.05, 3.63) is 23.2 Å². The van der Waals surface area contributed by atoms with Crippen molar-refractivity contribution in [2.45, 2.75) is 13.8 Å². The van der Waals surface area contributed by atoms with Gasteiger partial charge in [0.25, 0.3) is 0 Å². The molecule has 0 saturated carbocycles. The standard InChI is InChI=1S/C17H19ClN6O/c1-12(2)17(25)24-7-5-23(6-8-24)16-4-3-13(9-15(16)18)21-22-14(10-19)11-20/h3-4,9,12,21H,5-8H2,1-2H3. The van der Waals surface area contributed by atoms with Crippen molar-refractivity contribution in [2.24, 2.45) is 11.0 Å². The lowest BCUT2D eigenvalue weighted by Crippen LogP contribution is -2.50. The SMILES string of the molecule is CC(C)C(=O)N1CCN(c2ccc(NN=C(C#N)C#N)cc2Cl)CC1. The molecule has 130 valence electrons. The Balaban J connectivity index is 2.03. The molecule has 25 heavy (non-hydrogen) atoms. The normalized spacial score (nSPS) is 13.8. The Morgan fingerprint density at radius 3 is 2.40 bits per heavy atom. The average Bonchev–Trinajstić information content (AvgIpc) is 2.62. The van der Waals surface area contributed by atoms with Gasteiger partial charge in [-0.05, 0) is 18.2 Å². The van der Waals surface area contributed by atoms with E-state index in [1.165, 1.54) is 0 Å². The largest absolute Gasteiger partial charge is 0.367 e. The Labute approximate surface area is 152 Å². The summed E-state index contributed by atoms with van der Waals surface area (Å²) in [6.07, 6.45) is 0. The molecule has 0 aromatic heterocycles. The molecule has 1 aromatic rings. The van der Waals surface area contributed by atoms with Gasteiger partial charge >= 0.3 is 0 Å². The lowest BCUT2D eigenvalue weighted by molar-refractivity contribution is -0.134. The van der Waals surface area contributed by atoms with Gasteiger partial charge in [-0.3, -0.25) is 10.2 Å². The van der Waals surface area contributed by atoms with Gasteiger partial charge in [-0.2, -0.15) is 15.6 Å². The monoisotopic (exact) mass is 358 g/mol. The van der Waals surface area contributed by atoms with Gasteiger partial charge in [-0.25, -0.2) is 0 Å². The lowest BCUT2D eigenvalue weighted by atomic mass is 10.1. The Bertz CT molecular complexity index is 737. The summed E-state index contributed by atoms with van der Waals surface area (Å²) in [5.74, 6) is 0.182. The van der Waals surface area contributed by atoms with Crippen LogP contribution in [0.3, 0.4) is 0 Å². The van der Waals surface area contributed by atoms with Crippen LogP contribution in [0.4, 0.5) is 11.4 Å². The van der Waals surface area contributed by atoms with Crippen molar-refractivity contribution in [1.29, 1.82) is 10.5 Å². The maximum atomic E-state index is 12.0. The fourth-order valence-electron chi connectivity index (χ4n) is 2.56. The maximum absolute atomic E-state index is 12.0. The minimum Gasteiger partial charge on any atom is -0.367 e. The van der Waals surface area contributed by atoms with Crippen molar-refractivity contribution in [1.82, 2.24) is 4.90 Å². The van der Waals surface area contributed by atoms with Crippen molar-refractivity contribution >= 4 is 34.6 Å². The van der Waals surface area contributed by atoms with Crippen LogP contribution in [0.25, 0.3) is 0 Å². The van der Waals surface area contributed by atoms with E-state index in [0.29, 0.717) is 23.8 Å². The van der Waals surface area contributed by atoms with E-state index >= 15 is 0 Å². The third kappa shape index (κ3) is 4.62. The Morgan fingerprint density at radius 2 is 1.88 bits per heavy atom. The number of hydrazone groups is 1. The van der Waals surface area contributed by atoms with Gasteiger partial charge in [-0.15, -0.1) is 0 Å². The summed E-state index contributed by atoms with van der Waals surface area (Å²) < 4.78 is 0. The number of anilines is 2. The highest BCUT2D eigenvalue weighted by molar-refractivity contribution is 6.33. The zero-order valence-corrected chi connectivity index (χ0v) is 14.9. The summed E-state index contributed by atoms with van der Waals surface area (Å²) in [6.45, 7) is 6.59. The zero-order chi connectivity index (χ0) is 18.4. The molecule has 1 aliphatic heterocycles. The third-order valence-corrected chi connectivity index (χ3v) is 4.18. The predicted molar refractivity (Wildman–Crippen MR) is 97.4 cm³/mol. The van der Waals surface area contributed by atoms with E-state index in [2.05, 4.69) is 15.4 Å². The van der Waals surface area contributed by atoms with E-state index in [4.69, 9.17) is 22.1 Å². The van der Waals surface area contributed by atoms with Crippen LogP contribution in [0.15, 0.2) is 23.3 Å². The molecular weight excluding hydrogens is 340 g/mol. The highest BCUT2D eigenvalue weighted by Crippen LogP contribution is 2.29. The van der Waals surface area contributed by atoms with Gasteiger partial charge in [-0.1, -0.05) is 25.4 Å². The molecule has 0 atom stereocenters. The number of hydrogen-bond acceptors (Lipinski definition) is 6. The summed E-state index contributed by atoms with van der Waals surface area (Å²) in [6, 6.07) is 8.68. The number of nitrogens with one attached hydrogen (secondary N) is 1. The van der Waals surface area contributed by atoms with Crippen LogP contribution in [0.1, 0.15) is 13.8 Å². The fraction of sp³-hybridized carbons (Fsp3) is 0.412. The van der Waals surface area contributed by atoms with Gasteiger partial charge in [0.1, 0.15) is 12.1 Å². The smallest absolute Gasteiger partial charge is 0.237 e. The minimum absolute atomic E-state index is 0.00719. The van der Waals surface area contributed by atoms with Gasteiger partial charge in [0.2, 0.25) is 11.6 Å².